The van der Waals surface area contributed by atoms with Gasteiger partial charge in [-0.15, -0.1) is 0 Å². The number of carboxylic acid groups (broad SMARTS) is 1. The molecule has 150 valence electrons. The molecule has 1 aromatic heterocycles. The Balaban J connectivity index is 1.31. The van der Waals surface area contributed by atoms with Crippen molar-refractivity contribution in [2.45, 2.75) is 38.3 Å². The third-order valence-electron chi connectivity index (χ3n) is 5.25. The van der Waals surface area contributed by atoms with Gasteiger partial charge in [0, 0.05) is 18.0 Å². The molecule has 6 nitrogen and oxygen atoms in total. The number of carbonyl (C=O) groups is 1. The zero-order valence-corrected chi connectivity index (χ0v) is 16.3. The van der Waals surface area contributed by atoms with Crippen LogP contribution in [0.15, 0.2) is 59.0 Å². The van der Waals surface area contributed by atoms with Gasteiger partial charge >= 0.3 is 5.97 Å². The van der Waals surface area contributed by atoms with Crippen LogP contribution in [0.3, 0.4) is 0 Å². The quantitative estimate of drug-likeness (QED) is 0.628. The Hall–Kier alpha value is -3.12. The number of hydrogen-bond acceptors (Lipinski definition) is 5. The topological polar surface area (TPSA) is 84.6 Å². The summed E-state index contributed by atoms with van der Waals surface area (Å²) < 4.78 is 11.6. The van der Waals surface area contributed by atoms with Gasteiger partial charge in [0.25, 0.3) is 0 Å². The lowest BCUT2D eigenvalue weighted by Gasteiger charge is -2.13. The van der Waals surface area contributed by atoms with Crippen molar-refractivity contribution in [3.05, 3.63) is 71.6 Å². The molecule has 3 aromatic rings. The van der Waals surface area contributed by atoms with Crippen molar-refractivity contribution in [1.29, 1.82) is 0 Å². The number of benzene rings is 2. The zero-order chi connectivity index (χ0) is 20.2. The second-order valence-corrected chi connectivity index (χ2v) is 7.24. The largest absolute Gasteiger partial charge is 0.493 e. The highest BCUT2D eigenvalue weighted by Gasteiger charge is 2.29. The van der Waals surface area contributed by atoms with Crippen molar-refractivity contribution in [1.82, 2.24) is 10.3 Å². The van der Waals surface area contributed by atoms with E-state index in [1.165, 1.54) is 0 Å². The molecule has 0 saturated carbocycles. The second-order valence-electron chi connectivity index (χ2n) is 7.24. The molecule has 0 unspecified atom stereocenters. The maximum Gasteiger partial charge on any atom is 0.320 e. The average Bonchev–Trinajstić information content (AvgIpc) is 3.37. The Morgan fingerprint density at radius 3 is 2.62 bits per heavy atom. The molecular weight excluding hydrogens is 368 g/mol. The SMILES string of the molecule is Cc1oc(-c2ccccc2)nc1CCOc1ccc([C@H]2CC[C@H](C(=O)O)N2)cc1. The Morgan fingerprint density at radius 1 is 1.17 bits per heavy atom. The van der Waals surface area contributed by atoms with E-state index in [2.05, 4.69) is 10.3 Å². The van der Waals surface area contributed by atoms with Crippen molar-refractivity contribution >= 4 is 5.97 Å². The van der Waals surface area contributed by atoms with E-state index in [0.29, 0.717) is 25.3 Å². The van der Waals surface area contributed by atoms with Crippen LogP contribution in [0.2, 0.25) is 0 Å². The maximum atomic E-state index is 11.1. The zero-order valence-electron chi connectivity index (χ0n) is 16.3. The van der Waals surface area contributed by atoms with Gasteiger partial charge in [0.1, 0.15) is 17.6 Å². The lowest BCUT2D eigenvalue weighted by molar-refractivity contribution is -0.139. The van der Waals surface area contributed by atoms with E-state index >= 15 is 0 Å². The van der Waals surface area contributed by atoms with Crippen molar-refractivity contribution < 1.29 is 19.1 Å². The molecule has 2 heterocycles. The molecule has 0 spiro atoms. The lowest BCUT2D eigenvalue weighted by Crippen LogP contribution is -2.31. The van der Waals surface area contributed by atoms with Crippen LogP contribution < -0.4 is 10.1 Å². The van der Waals surface area contributed by atoms with E-state index in [1.807, 2.05) is 61.5 Å². The van der Waals surface area contributed by atoms with Gasteiger partial charge in [-0.2, -0.15) is 0 Å². The third kappa shape index (κ3) is 4.49. The van der Waals surface area contributed by atoms with Gasteiger partial charge < -0.3 is 14.3 Å². The maximum absolute atomic E-state index is 11.1. The van der Waals surface area contributed by atoms with Crippen molar-refractivity contribution in [3.8, 4) is 17.2 Å². The van der Waals surface area contributed by atoms with Crippen LogP contribution in [-0.2, 0) is 11.2 Å². The molecule has 2 N–H and O–H groups in total. The summed E-state index contributed by atoms with van der Waals surface area (Å²) in [6.07, 6.45) is 2.14. The van der Waals surface area contributed by atoms with E-state index in [0.717, 1.165) is 34.8 Å². The van der Waals surface area contributed by atoms with Crippen LogP contribution in [0.5, 0.6) is 5.75 Å². The number of hydrogen-bond donors (Lipinski definition) is 2. The first-order valence-corrected chi connectivity index (χ1v) is 9.83. The van der Waals surface area contributed by atoms with E-state index < -0.39 is 12.0 Å². The molecule has 0 aliphatic carbocycles. The average molecular weight is 392 g/mol. The standard InChI is InChI=1S/C23H24N2O4/c1-15-19(25-22(29-15)17-5-3-2-4-6-17)13-14-28-18-9-7-16(8-10-18)20-11-12-21(24-20)23(26)27/h2-10,20-21,24H,11-14H2,1H3,(H,26,27)/t20-,21-/m1/s1. The summed E-state index contributed by atoms with van der Waals surface area (Å²) in [4.78, 5) is 15.7. The van der Waals surface area contributed by atoms with Gasteiger partial charge in [-0.3, -0.25) is 10.1 Å². The van der Waals surface area contributed by atoms with Gasteiger partial charge in [0.05, 0.1) is 12.3 Å². The summed E-state index contributed by atoms with van der Waals surface area (Å²) in [7, 11) is 0. The van der Waals surface area contributed by atoms with Crippen LogP contribution in [0, 0.1) is 6.92 Å². The van der Waals surface area contributed by atoms with Crippen molar-refractivity contribution in [2.24, 2.45) is 0 Å². The predicted octanol–water partition coefficient (Wildman–Crippen LogP) is 4.15. The van der Waals surface area contributed by atoms with Crippen LogP contribution in [0.1, 0.15) is 35.9 Å². The minimum absolute atomic E-state index is 0.0827. The Bertz CT molecular complexity index is 966. The van der Waals surface area contributed by atoms with Crippen LogP contribution in [0.25, 0.3) is 11.5 Å². The van der Waals surface area contributed by atoms with E-state index in [9.17, 15) is 4.79 Å². The molecule has 2 aromatic carbocycles. The highest BCUT2D eigenvalue weighted by molar-refractivity contribution is 5.74. The number of rotatable bonds is 7. The molecule has 4 rings (SSSR count). The van der Waals surface area contributed by atoms with Crippen LogP contribution in [-0.4, -0.2) is 28.7 Å². The summed E-state index contributed by atoms with van der Waals surface area (Å²) in [5.74, 6) is 1.44. The number of oxazole rings is 1. The van der Waals surface area contributed by atoms with Crippen LogP contribution >= 0.6 is 0 Å². The molecular formula is C23H24N2O4. The third-order valence-corrected chi connectivity index (χ3v) is 5.25. The van der Waals surface area contributed by atoms with Gasteiger partial charge in [-0.05, 0) is 49.6 Å². The van der Waals surface area contributed by atoms with Crippen molar-refractivity contribution in [3.63, 3.8) is 0 Å². The Labute approximate surface area is 169 Å². The molecule has 1 aliphatic heterocycles. The highest BCUT2D eigenvalue weighted by atomic mass is 16.5. The molecule has 0 radical (unpaired) electrons. The fraction of sp³-hybridized carbons (Fsp3) is 0.304. The summed E-state index contributed by atoms with van der Waals surface area (Å²) in [5, 5.41) is 12.3. The summed E-state index contributed by atoms with van der Waals surface area (Å²) >= 11 is 0. The number of ether oxygens (including phenoxy) is 1. The van der Waals surface area contributed by atoms with Gasteiger partial charge in [-0.1, -0.05) is 30.3 Å². The molecule has 0 bridgehead atoms. The smallest absolute Gasteiger partial charge is 0.320 e. The summed E-state index contributed by atoms with van der Waals surface area (Å²) in [5.41, 5.74) is 2.94. The van der Waals surface area contributed by atoms with Gasteiger partial charge in [0.15, 0.2) is 0 Å². The fourth-order valence-corrected chi connectivity index (χ4v) is 3.63. The molecule has 0 amide bonds. The second kappa shape index (κ2) is 8.49. The van der Waals surface area contributed by atoms with Crippen molar-refractivity contribution in [2.75, 3.05) is 6.61 Å². The minimum Gasteiger partial charge on any atom is -0.493 e. The first kappa shape index (κ1) is 19.2. The molecule has 1 aliphatic rings. The molecule has 1 fully saturated rings. The number of aliphatic carboxylic acids is 1. The normalized spacial score (nSPS) is 18.7. The Morgan fingerprint density at radius 2 is 1.93 bits per heavy atom. The minimum atomic E-state index is -0.786. The fourth-order valence-electron chi connectivity index (χ4n) is 3.63. The highest BCUT2D eigenvalue weighted by Crippen LogP contribution is 2.28. The van der Waals surface area contributed by atoms with Gasteiger partial charge in [-0.25, -0.2) is 4.98 Å². The molecule has 6 heteroatoms. The van der Waals surface area contributed by atoms with Crippen LogP contribution in [0.4, 0.5) is 0 Å². The Kier molecular flexibility index (Phi) is 5.62. The molecule has 1 saturated heterocycles. The number of carboxylic acids is 1. The monoisotopic (exact) mass is 392 g/mol. The summed E-state index contributed by atoms with van der Waals surface area (Å²) in [6.45, 7) is 2.42. The summed E-state index contributed by atoms with van der Waals surface area (Å²) in [6, 6.07) is 17.3. The number of aryl methyl sites for hydroxylation is 1. The van der Waals surface area contributed by atoms with E-state index in [4.69, 9.17) is 14.3 Å². The van der Waals surface area contributed by atoms with E-state index in [1.54, 1.807) is 0 Å². The first-order chi connectivity index (χ1) is 14.1. The number of nitrogens with one attached hydrogen (secondary N) is 1. The lowest BCUT2D eigenvalue weighted by atomic mass is 10.1. The van der Waals surface area contributed by atoms with E-state index in [-0.39, 0.29) is 6.04 Å². The number of aromatic nitrogens is 1. The molecule has 29 heavy (non-hydrogen) atoms. The number of nitrogens with zero attached hydrogens (tertiary/aromatic N) is 1. The predicted molar refractivity (Wildman–Crippen MR) is 109 cm³/mol. The van der Waals surface area contributed by atoms with Gasteiger partial charge in [0.2, 0.25) is 5.89 Å². The first-order valence-electron chi connectivity index (χ1n) is 9.83. The molecule has 2 atom stereocenters.